The molecule has 2 aromatic carbocycles. The van der Waals surface area contributed by atoms with E-state index in [2.05, 4.69) is 14.9 Å². The van der Waals surface area contributed by atoms with E-state index in [9.17, 15) is 9.59 Å². The van der Waals surface area contributed by atoms with Gasteiger partial charge in [0.05, 0.1) is 27.8 Å². The van der Waals surface area contributed by atoms with Gasteiger partial charge in [0.25, 0.3) is 5.56 Å². The summed E-state index contributed by atoms with van der Waals surface area (Å²) in [6.07, 6.45) is 0.0980. The van der Waals surface area contributed by atoms with Crippen LogP contribution in [0.25, 0.3) is 0 Å². The number of thioether (sulfide) groups is 1. The first-order valence-corrected chi connectivity index (χ1v) is 12.0. The van der Waals surface area contributed by atoms with Crippen molar-refractivity contribution < 1.29 is 4.79 Å². The molecule has 2 heterocycles. The molecule has 166 valence electrons. The van der Waals surface area contributed by atoms with Crippen LogP contribution >= 0.6 is 35.0 Å². The number of nitrogens with zero attached hydrogens (tertiary/aromatic N) is 3. The summed E-state index contributed by atoms with van der Waals surface area (Å²) in [6.45, 7) is 2.46. The van der Waals surface area contributed by atoms with E-state index in [0.717, 1.165) is 11.3 Å². The fourth-order valence-corrected chi connectivity index (χ4v) is 4.83. The number of H-pyrrole nitrogens is 1. The van der Waals surface area contributed by atoms with Crippen LogP contribution < -0.4 is 10.5 Å². The third kappa shape index (κ3) is 5.65. The number of carbonyl (C=O) groups excluding carboxylic acids is 1. The molecule has 1 aliphatic rings. The lowest BCUT2D eigenvalue weighted by atomic mass is 10.2. The normalized spacial score (nSPS) is 13.9. The third-order valence-corrected chi connectivity index (χ3v) is 6.98. The minimum Gasteiger partial charge on any atom is -0.367 e. The molecule has 0 spiro atoms. The van der Waals surface area contributed by atoms with Gasteiger partial charge in [0.15, 0.2) is 5.16 Å². The zero-order valence-electron chi connectivity index (χ0n) is 17.3. The number of piperazine rings is 1. The predicted molar refractivity (Wildman–Crippen MR) is 130 cm³/mol. The monoisotopic (exact) mass is 488 g/mol. The summed E-state index contributed by atoms with van der Waals surface area (Å²) < 4.78 is 0. The fourth-order valence-electron chi connectivity index (χ4n) is 3.57. The number of hydrogen-bond donors (Lipinski definition) is 1. The van der Waals surface area contributed by atoms with Gasteiger partial charge in [0, 0.05) is 38.0 Å². The maximum atomic E-state index is 12.8. The molecule has 0 radical (unpaired) electrons. The van der Waals surface area contributed by atoms with Crippen LogP contribution in [-0.2, 0) is 17.0 Å². The quantitative estimate of drug-likeness (QED) is 0.414. The van der Waals surface area contributed by atoms with Crippen molar-refractivity contribution in [3.05, 3.63) is 86.3 Å². The van der Waals surface area contributed by atoms with Crippen molar-refractivity contribution in [1.29, 1.82) is 0 Å². The summed E-state index contributed by atoms with van der Waals surface area (Å²) in [5.74, 6) is 0.647. The van der Waals surface area contributed by atoms with E-state index in [0.29, 0.717) is 52.8 Å². The second-order valence-corrected chi connectivity index (χ2v) is 9.18. The zero-order chi connectivity index (χ0) is 22.5. The van der Waals surface area contributed by atoms with Gasteiger partial charge in [-0.3, -0.25) is 9.59 Å². The van der Waals surface area contributed by atoms with Crippen molar-refractivity contribution in [2.24, 2.45) is 0 Å². The van der Waals surface area contributed by atoms with E-state index in [4.69, 9.17) is 23.2 Å². The van der Waals surface area contributed by atoms with Crippen molar-refractivity contribution in [2.75, 3.05) is 31.1 Å². The molecule has 4 rings (SSSR count). The van der Waals surface area contributed by atoms with Crippen molar-refractivity contribution in [2.45, 2.75) is 17.3 Å². The van der Waals surface area contributed by atoms with Crippen LogP contribution in [0.4, 0.5) is 5.69 Å². The van der Waals surface area contributed by atoms with E-state index in [1.165, 1.54) is 17.8 Å². The Labute approximate surface area is 200 Å². The average molecular weight is 489 g/mol. The molecule has 0 aliphatic carbocycles. The summed E-state index contributed by atoms with van der Waals surface area (Å²) in [7, 11) is 0. The zero-order valence-corrected chi connectivity index (χ0v) is 19.6. The number of nitrogens with one attached hydrogen (secondary N) is 1. The van der Waals surface area contributed by atoms with Crippen LogP contribution in [0, 0.1) is 0 Å². The molecular weight excluding hydrogens is 467 g/mol. The van der Waals surface area contributed by atoms with Crippen molar-refractivity contribution in [3.63, 3.8) is 0 Å². The molecule has 1 aliphatic heterocycles. The standard InChI is InChI=1S/C23H22Cl2N4O2S/c24-18-7-4-8-19(22(18)25)28-9-11-29(12-10-28)21(31)14-17-13-20(30)27-23(26-17)32-15-16-5-2-1-3-6-16/h1-8,13H,9-12,14-15H2,(H,26,27,30). The molecule has 6 nitrogen and oxygen atoms in total. The van der Waals surface area contributed by atoms with E-state index >= 15 is 0 Å². The number of rotatable bonds is 6. The Morgan fingerprint density at radius 2 is 1.78 bits per heavy atom. The van der Waals surface area contributed by atoms with Crippen LogP contribution in [0.1, 0.15) is 11.3 Å². The molecule has 0 unspecified atom stereocenters. The molecule has 3 aromatic rings. The summed E-state index contributed by atoms with van der Waals surface area (Å²) in [5.41, 5.74) is 2.25. The molecule has 1 aromatic heterocycles. The van der Waals surface area contributed by atoms with Gasteiger partial charge in [-0.1, -0.05) is 71.4 Å². The highest BCUT2D eigenvalue weighted by Gasteiger charge is 2.23. The molecule has 0 saturated carbocycles. The van der Waals surface area contributed by atoms with Crippen LogP contribution in [0.15, 0.2) is 64.5 Å². The van der Waals surface area contributed by atoms with Gasteiger partial charge in [0.2, 0.25) is 5.91 Å². The van der Waals surface area contributed by atoms with Crippen LogP contribution in [-0.4, -0.2) is 47.0 Å². The number of benzene rings is 2. The number of anilines is 1. The van der Waals surface area contributed by atoms with Crippen molar-refractivity contribution in [3.8, 4) is 0 Å². The molecule has 1 saturated heterocycles. The van der Waals surface area contributed by atoms with E-state index in [1.807, 2.05) is 42.5 Å². The molecule has 1 N–H and O–H groups in total. The molecule has 9 heteroatoms. The lowest BCUT2D eigenvalue weighted by Crippen LogP contribution is -2.49. The highest BCUT2D eigenvalue weighted by atomic mass is 35.5. The highest BCUT2D eigenvalue weighted by Crippen LogP contribution is 2.32. The number of carbonyl (C=O) groups is 1. The first kappa shape index (κ1) is 22.7. The number of halogens is 2. The lowest BCUT2D eigenvalue weighted by Gasteiger charge is -2.36. The molecule has 1 amide bonds. The number of aromatic amines is 1. The Balaban J connectivity index is 1.35. The van der Waals surface area contributed by atoms with Gasteiger partial charge >= 0.3 is 0 Å². The minimum absolute atomic E-state index is 0.0426. The maximum absolute atomic E-state index is 12.8. The first-order chi connectivity index (χ1) is 15.5. The molecule has 0 bridgehead atoms. The molecule has 0 atom stereocenters. The minimum atomic E-state index is -0.251. The van der Waals surface area contributed by atoms with Crippen LogP contribution in [0.3, 0.4) is 0 Å². The lowest BCUT2D eigenvalue weighted by molar-refractivity contribution is -0.130. The smallest absolute Gasteiger partial charge is 0.251 e. The van der Waals surface area contributed by atoms with E-state index in [-0.39, 0.29) is 17.9 Å². The summed E-state index contributed by atoms with van der Waals surface area (Å²) in [6, 6.07) is 16.9. The maximum Gasteiger partial charge on any atom is 0.251 e. The van der Waals surface area contributed by atoms with E-state index in [1.54, 1.807) is 11.0 Å². The number of hydrogen-bond acceptors (Lipinski definition) is 5. The van der Waals surface area contributed by atoms with Gasteiger partial charge < -0.3 is 14.8 Å². The molecule has 1 fully saturated rings. The summed E-state index contributed by atoms with van der Waals surface area (Å²) in [4.78, 5) is 36.1. The van der Waals surface area contributed by atoms with Gasteiger partial charge in [0.1, 0.15) is 0 Å². The SMILES string of the molecule is O=C(Cc1cc(=O)[nH]c(SCc2ccccc2)n1)N1CCN(c2cccc(Cl)c2Cl)CC1. The molecule has 32 heavy (non-hydrogen) atoms. The van der Waals surface area contributed by atoms with Gasteiger partial charge in [-0.05, 0) is 17.7 Å². The topological polar surface area (TPSA) is 69.3 Å². The highest BCUT2D eigenvalue weighted by molar-refractivity contribution is 7.98. The second-order valence-electron chi connectivity index (χ2n) is 7.43. The van der Waals surface area contributed by atoms with Gasteiger partial charge in [-0.2, -0.15) is 0 Å². The number of aromatic nitrogens is 2. The van der Waals surface area contributed by atoms with Crippen LogP contribution in [0.2, 0.25) is 10.0 Å². The van der Waals surface area contributed by atoms with Crippen LogP contribution in [0.5, 0.6) is 0 Å². The van der Waals surface area contributed by atoms with Crippen molar-refractivity contribution in [1.82, 2.24) is 14.9 Å². The Morgan fingerprint density at radius 1 is 1.03 bits per heavy atom. The Kier molecular flexibility index (Phi) is 7.40. The van der Waals surface area contributed by atoms with Crippen molar-refractivity contribution >= 4 is 46.6 Å². The second kappa shape index (κ2) is 10.4. The van der Waals surface area contributed by atoms with Gasteiger partial charge in [-0.15, -0.1) is 0 Å². The first-order valence-electron chi connectivity index (χ1n) is 10.2. The van der Waals surface area contributed by atoms with Gasteiger partial charge in [-0.25, -0.2) is 4.98 Å². The summed E-state index contributed by atoms with van der Waals surface area (Å²) in [5, 5.41) is 1.57. The Hall–Kier alpha value is -2.48. The number of amides is 1. The predicted octanol–water partition coefficient (Wildman–Crippen LogP) is 4.26. The molecular formula is C23H22Cl2N4O2S. The van der Waals surface area contributed by atoms with E-state index < -0.39 is 0 Å². The largest absolute Gasteiger partial charge is 0.367 e. The fraction of sp³-hybridized carbons (Fsp3) is 0.261. The average Bonchev–Trinajstić information content (AvgIpc) is 2.80. The third-order valence-electron chi connectivity index (χ3n) is 5.23. The Morgan fingerprint density at radius 3 is 2.53 bits per heavy atom. The summed E-state index contributed by atoms with van der Waals surface area (Å²) >= 11 is 13.9. The Bertz CT molecular complexity index is 1150.